The Balaban J connectivity index is 1.19. The summed E-state index contributed by atoms with van der Waals surface area (Å²) in [5.74, 6) is 0.993. The van der Waals surface area contributed by atoms with Crippen LogP contribution >= 0.6 is 0 Å². The maximum absolute atomic E-state index is 12.8. The number of benzene rings is 2. The Morgan fingerprint density at radius 3 is 2.25 bits per heavy atom. The van der Waals surface area contributed by atoms with E-state index in [1.165, 1.54) is 0 Å². The van der Waals surface area contributed by atoms with Crippen LogP contribution in [0.2, 0.25) is 0 Å². The number of rotatable bonds is 8. The standard InChI is InChI=1S/C32H32N4O4/c1-3-39-31(38)32(17-18-32)25-15-13-23(14-16-25)22-9-11-24(12-10-22)29-28(21(2)35-40-29)34-27-8-6-7-26(33-27)30(37)36-19-4-5-20-36/h6-16H,3-5,17-20H2,1-2H3,(H,33,34). The second kappa shape index (κ2) is 10.6. The number of carbonyl (C=O) groups is 2. The molecule has 1 amide bonds. The van der Waals surface area contributed by atoms with Crippen LogP contribution in [0, 0.1) is 6.92 Å². The molecule has 2 aromatic heterocycles. The molecule has 4 aromatic rings. The van der Waals surface area contributed by atoms with Crippen LogP contribution in [-0.4, -0.2) is 46.6 Å². The van der Waals surface area contributed by atoms with E-state index in [1.54, 1.807) is 6.07 Å². The van der Waals surface area contributed by atoms with Crippen molar-refractivity contribution in [2.24, 2.45) is 0 Å². The molecule has 2 fully saturated rings. The van der Waals surface area contributed by atoms with Crippen molar-refractivity contribution >= 4 is 23.4 Å². The van der Waals surface area contributed by atoms with E-state index in [1.807, 2.05) is 67.3 Å². The van der Waals surface area contributed by atoms with Gasteiger partial charge in [-0.2, -0.15) is 0 Å². The lowest BCUT2D eigenvalue weighted by Gasteiger charge is -2.15. The normalized spacial score (nSPS) is 15.6. The van der Waals surface area contributed by atoms with Crippen molar-refractivity contribution in [2.45, 2.75) is 44.9 Å². The minimum Gasteiger partial charge on any atom is -0.465 e. The highest BCUT2D eigenvalue weighted by Crippen LogP contribution is 2.49. The van der Waals surface area contributed by atoms with Crippen molar-refractivity contribution in [2.75, 3.05) is 25.0 Å². The molecular formula is C32H32N4O4. The van der Waals surface area contributed by atoms with Gasteiger partial charge in [-0.05, 0) is 68.4 Å². The Bertz CT molecular complexity index is 1530. The number of aryl methyl sites for hydroxylation is 1. The van der Waals surface area contributed by atoms with Crippen molar-refractivity contribution in [1.29, 1.82) is 0 Å². The number of amides is 1. The second-order valence-electron chi connectivity index (χ2n) is 10.5. The largest absolute Gasteiger partial charge is 0.465 e. The molecule has 3 heterocycles. The van der Waals surface area contributed by atoms with E-state index < -0.39 is 5.41 Å². The van der Waals surface area contributed by atoms with Crippen LogP contribution in [0.25, 0.3) is 22.5 Å². The number of likely N-dealkylation sites (tertiary alicyclic amines) is 1. The topological polar surface area (TPSA) is 97.6 Å². The highest BCUT2D eigenvalue weighted by Gasteiger charge is 2.52. The van der Waals surface area contributed by atoms with Crippen LogP contribution in [0.5, 0.6) is 0 Å². The molecule has 2 aromatic carbocycles. The number of nitrogens with zero attached hydrogens (tertiary/aromatic N) is 3. The predicted molar refractivity (Wildman–Crippen MR) is 152 cm³/mol. The minimum atomic E-state index is -0.470. The first-order chi connectivity index (χ1) is 19.5. The molecule has 0 bridgehead atoms. The third-order valence-corrected chi connectivity index (χ3v) is 7.81. The number of ether oxygens (including phenoxy) is 1. The monoisotopic (exact) mass is 536 g/mol. The zero-order valence-corrected chi connectivity index (χ0v) is 22.8. The van der Waals surface area contributed by atoms with E-state index in [2.05, 4.69) is 27.6 Å². The Kier molecular flexibility index (Phi) is 6.84. The van der Waals surface area contributed by atoms with Crippen molar-refractivity contribution in [3.63, 3.8) is 0 Å². The Morgan fingerprint density at radius 2 is 1.60 bits per heavy atom. The smallest absolute Gasteiger partial charge is 0.316 e. The molecule has 40 heavy (non-hydrogen) atoms. The highest BCUT2D eigenvalue weighted by atomic mass is 16.5. The maximum atomic E-state index is 12.8. The summed E-state index contributed by atoms with van der Waals surface area (Å²) >= 11 is 0. The van der Waals surface area contributed by atoms with E-state index in [9.17, 15) is 9.59 Å². The predicted octanol–water partition coefficient (Wildman–Crippen LogP) is 6.29. The highest BCUT2D eigenvalue weighted by molar-refractivity contribution is 5.93. The zero-order valence-electron chi connectivity index (χ0n) is 22.8. The van der Waals surface area contributed by atoms with Crippen molar-refractivity contribution in [3.05, 3.63) is 83.7 Å². The number of anilines is 2. The summed E-state index contributed by atoms with van der Waals surface area (Å²) in [4.78, 5) is 31.7. The van der Waals surface area contributed by atoms with Crippen molar-refractivity contribution < 1.29 is 18.8 Å². The molecule has 0 atom stereocenters. The van der Waals surface area contributed by atoms with Gasteiger partial charge in [0.25, 0.3) is 5.91 Å². The molecule has 8 heteroatoms. The summed E-state index contributed by atoms with van der Waals surface area (Å²) in [6.07, 6.45) is 3.74. The zero-order chi connectivity index (χ0) is 27.7. The molecule has 204 valence electrons. The lowest BCUT2D eigenvalue weighted by molar-refractivity contribution is -0.146. The molecule has 0 unspecified atom stereocenters. The average molecular weight is 537 g/mol. The van der Waals surface area contributed by atoms with Crippen molar-refractivity contribution in [3.8, 4) is 22.5 Å². The number of carbonyl (C=O) groups excluding carboxylic acids is 2. The molecule has 8 nitrogen and oxygen atoms in total. The van der Waals surface area contributed by atoms with E-state index in [0.717, 1.165) is 61.0 Å². The van der Waals surface area contributed by atoms with Gasteiger partial charge in [-0.15, -0.1) is 0 Å². The molecular weight excluding hydrogens is 504 g/mol. The van der Waals surface area contributed by atoms with Crippen LogP contribution < -0.4 is 5.32 Å². The van der Waals surface area contributed by atoms with Gasteiger partial charge in [-0.3, -0.25) is 9.59 Å². The minimum absolute atomic E-state index is 0.0415. The molecule has 2 aliphatic rings. The Hall–Kier alpha value is -4.46. The van der Waals surface area contributed by atoms with Gasteiger partial charge < -0.3 is 19.5 Å². The lowest BCUT2D eigenvalue weighted by atomic mass is 9.93. The molecule has 6 rings (SSSR count). The van der Waals surface area contributed by atoms with Crippen LogP contribution in [0.1, 0.15) is 54.4 Å². The van der Waals surface area contributed by atoms with Gasteiger partial charge in [-0.25, -0.2) is 4.98 Å². The summed E-state index contributed by atoms with van der Waals surface area (Å²) in [5.41, 5.74) is 5.36. The van der Waals surface area contributed by atoms with Gasteiger partial charge in [-0.1, -0.05) is 59.8 Å². The number of hydrogen-bond acceptors (Lipinski definition) is 7. The Morgan fingerprint density at radius 1 is 0.950 bits per heavy atom. The summed E-state index contributed by atoms with van der Waals surface area (Å²) < 4.78 is 11.0. The average Bonchev–Trinajstić information content (AvgIpc) is 3.46. The molecule has 1 N–H and O–H groups in total. The first-order valence-electron chi connectivity index (χ1n) is 13.9. The number of pyridine rings is 1. The lowest BCUT2D eigenvalue weighted by Crippen LogP contribution is -2.28. The third kappa shape index (κ3) is 4.85. The van der Waals surface area contributed by atoms with Crippen molar-refractivity contribution in [1.82, 2.24) is 15.0 Å². The maximum Gasteiger partial charge on any atom is 0.316 e. The third-order valence-electron chi connectivity index (χ3n) is 7.81. The Labute approximate surface area is 233 Å². The fourth-order valence-corrected chi connectivity index (χ4v) is 5.35. The number of nitrogens with one attached hydrogen (secondary N) is 1. The molecule has 1 aliphatic carbocycles. The summed E-state index contributed by atoms with van der Waals surface area (Å²) in [7, 11) is 0. The fraction of sp³-hybridized carbons (Fsp3) is 0.312. The van der Waals surface area contributed by atoms with Gasteiger partial charge in [0.1, 0.15) is 22.9 Å². The van der Waals surface area contributed by atoms with Gasteiger partial charge in [0, 0.05) is 18.7 Å². The van der Waals surface area contributed by atoms with Crippen LogP contribution in [0.4, 0.5) is 11.5 Å². The van der Waals surface area contributed by atoms with E-state index >= 15 is 0 Å². The van der Waals surface area contributed by atoms with E-state index in [-0.39, 0.29) is 11.9 Å². The van der Waals surface area contributed by atoms with Gasteiger partial charge in [0.05, 0.1) is 12.0 Å². The number of hydrogen-bond donors (Lipinski definition) is 1. The summed E-state index contributed by atoms with van der Waals surface area (Å²) in [6.45, 7) is 5.66. The first-order valence-corrected chi connectivity index (χ1v) is 13.9. The number of esters is 1. The van der Waals surface area contributed by atoms with Gasteiger partial charge in [0.15, 0.2) is 5.76 Å². The van der Waals surface area contributed by atoms with Crippen LogP contribution in [0.15, 0.2) is 71.3 Å². The summed E-state index contributed by atoms with van der Waals surface area (Å²) in [6, 6.07) is 21.7. The summed E-state index contributed by atoms with van der Waals surface area (Å²) in [5, 5.41) is 7.50. The fourth-order valence-electron chi connectivity index (χ4n) is 5.35. The first kappa shape index (κ1) is 25.8. The van der Waals surface area contributed by atoms with Crippen LogP contribution in [0.3, 0.4) is 0 Å². The van der Waals surface area contributed by atoms with Gasteiger partial charge >= 0.3 is 5.97 Å². The quantitative estimate of drug-likeness (QED) is 0.264. The molecule has 1 saturated heterocycles. The van der Waals surface area contributed by atoms with Gasteiger partial charge in [0.2, 0.25) is 0 Å². The second-order valence-corrected chi connectivity index (χ2v) is 10.5. The van der Waals surface area contributed by atoms with E-state index in [0.29, 0.717) is 35.3 Å². The molecule has 1 aliphatic heterocycles. The molecule has 0 spiro atoms. The van der Waals surface area contributed by atoms with E-state index in [4.69, 9.17) is 9.26 Å². The molecule has 0 radical (unpaired) electrons. The molecule has 1 saturated carbocycles. The number of aromatic nitrogens is 2. The SMILES string of the molecule is CCOC(=O)C1(c2ccc(-c3ccc(-c4onc(C)c4Nc4cccc(C(=O)N5CCCC5)n4)cc3)cc2)CC1. The van der Waals surface area contributed by atoms with Crippen LogP contribution in [-0.2, 0) is 14.9 Å².